The van der Waals surface area contributed by atoms with Crippen molar-refractivity contribution in [2.45, 2.75) is 30.7 Å². The van der Waals surface area contributed by atoms with E-state index in [0.717, 1.165) is 0 Å². The monoisotopic (exact) mass is 180 g/mol. The molecule has 6 nitrogen and oxygen atoms in total. The van der Waals surface area contributed by atoms with Crippen molar-refractivity contribution in [3.8, 4) is 0 Å². The molecular weight excluding hydrogens is 168 g/mol. The van der Waals surface area contributed by atoms with Gasteiger partial charge in [-0.3, -0.25) is 0 Å². The first-order chi connectivity index (χ1) is 5.57. The van der Waals surface area contributed by atoms with Crippen LogP contribution in [0.5, 0.6) is 0 Å². The molecule has 0 radical (unpaired) electrons. The minimum absolute atomic E-state index is 0.526. The Bertz CT molecular complexity index is 146. The van der Waals surface area contributed by atoms with Gasteiger partial charge in [0.25, 0.3) is 0 Å². The smallest absolute Gasteiger partial charge is 0.184 e. The van der Waals surface area contributed by atoms with E-state index in [2.05, 4.69) is 4.74 Å². The molecule has 72 valence electrons. The highest BCUT2D eigenvalue weighted by Gasteiger charge is 2.42. The normalized spacial score (nSPS) is 49.2. The number of aliphatic hydroxyl groups is 5. The fraction of sp³-hybridized carbons (Fsp3) is 1.00. The maximum atomic E-state index is 9.12. The predicted octanol–water partition coefficient (Wildman–Crippen LogP) is -3.22. The van der Waals surface area contributed by atoms with Crippen molar-refractivity contribution in [2.75, 3.05) is 6.61 Å². The van der Waals surface area contributed by atoms with Gasteiger partial charge in [-0.25, -0.2) is 0 Å². The highest BCUT2D eigenvalue weighted by Crippen LogP contribution is 2.18. The molecule has 6 heteroatoms. The van der Waals surface area contributed by atoms with E-state index >= 15 is 0 Å². The van der Waals surface area contributed by atoms with E-state index in [4.69, 9.17) is 25.5 Å². The molecular formula is C6H12O6. The number of rotatable bonds is 1. The largest absolute Gasteiger partial charge is 0.394 e. The van der Waals surface area contributed by atoms with Crippen LogP contribution in [0.15, 0.2) is 0 Å². The van der Waals surface area contributed by atoms with E-state index < -0.39 is 37.3 Å². The van der Waals surface area contributed by atoms with Gasteiger partial charge in [-0.05, 0) is 0 Å². The van der Waals surface area contributed by atoms with Crippen LogP contribution >= 0.6 is 0 Å². The lowest BCUT2D eigenvalue weighted by atomic mass is 10.00. The fourth-order valence-corrected chi connectivity index (χ4v) is 1.08. The molecule has 5 N–H and O–H groups in total. The lowest BCUT2D eigenvalue weighted by molar-refractivity contribution is -0.286. The Hall–Kier alpha value is -0.240. The van der Waals surface area contributed by atoms with E-state index in [-0.39, 0.29) is 0 Å². The molecule has 1 aliphatic rings. The van der Waals surface area contributed by atoms with Gasteiger partial charge in [-0.15, -0.1) is 0 Å². The van der Waals surface area contributed by atoms with Crippen LogP contribution < -0.4 is 0 Å². The zero-order chi connectivity index (χ0) is 9.30. The summed E-state index contributed by atoms with van der Waals surface area (Å²) in [6, 6.07) is 0. The van der Waals surface area contributed by atoms with Crippen LogP contribution in [-0.4, -0.2) is 62.8 Å². The van der Waals surface area contributed by atoms with E-state index in [1.54, 1.807) is 0 Å². The first-order valence-corrected chi connectivity index (χ1v) is 3.56. The first-order valence-electron chi connectivity index (χ1n) is 3.56. The third kappa shape index (κ3) is 1.58. The van der Waals surface area contributed by atoms with E-state index in [1.165, 1.54) is 0 Å². The molecule has 0 saturated carbocycles. The summed E-state index contributed by atoms with van der Waals surface area (Å²) < 4.78 is 4.58. The van der Waals surface area contributed by atoms with Crippen molar-refractivity contribution >= 4 is 0 Å². The zero-order valence-electron chi connectivity index (χ0n) is 6.24. The second-order valence-electron chi connectivity index (χ2n) is 2.72. The summed E-state index contributed by atoms with van der Waals surface area (Å²) >= 11 is 0. The van der Waals surface area contributed by atoms with Gasteiger partial charge in [0.2, 0.25) is 0 Å². The Kier molecular flexibility index (Phi) is 2.99. The number of hydrogen-bond donors (Lipinski definition) is 5. The summed E-state index contributed by atoms with van der Waals surface area (Å²) in [7, 11) is 0. The Balaban J connectivity index is 2.63. The predicted molar refractivity (Wildman–Crippen MR) is 36.0 cm³/mol. The topological polar surface area (TPSA) is 110 Å². The third-order valence-corrected chi connectivity index (χ3v) is 1.87. The second-order valence-corrected chi connectivity index (χ2v) is 2.72. The average Bonchev–Trinajstić information content (AvgIpc) is 2.08. The molecule has 1 rings (SSSR count). The van der Waals surface area contributed by atoms with Crippen molar-refractivity contribution in [3.63, 3.8) is 0 Å². The van der Waals surface area contributed by atoms with Gasteiger partial charge in [0.05, 0.1) is 6.61 Å². The van der Waals surface area contributed by atoms with Gasteiger partial charge in [0, 0.05) is 0 Å². The molecule has 5 atom stereocenters. The SMILES string of the molecule is OC[C@@H]1OC(O)[C@H](O)[C@@H](O)[C@H]1O. The van der Waals surface area contributed by atoms with Gasteiger partial charge in [0.1, 0.15) is 24.4 Å². The first kappa shape index (κ1) is 9.85. The molecule has 1 unspecified atom stereocenters. The molecule has 0 spiro atoms. The summed E-state index contributed by atoms with van der Waals surface area (Å²) in [5.74, 6) is 0. The second kappa shape index (κ2) is 3.65. The van der Waals surface area contributed by atoms with E-state index in [0.29, 0.717) is 0 Å². The lowest BCUT2D eigenvalue weighted by Crippen LogP contribution is -2.58. The Morgan fingerprint density at radius 2 is 1.50 bits per heavy atom. The summed E-state index contributed by atoms with van der Waals surface area (Å²) in [6.07, 6.45) is -7.04. The van der Waals surface area contributed by atoms with Crippen LogP contribution in [0.1, 0.15) is 0 Å². The molecule has 1 aliphatic heterocycles. The van der Waals surface area contributed by atoms with Gasteiger partial charge in [-0.1, -0.05) is 0 Å². The van der Waals surface area contributed by atoms with Crippen LogP contribution in [0, 0.1) is 0 Å². The molecule has 12 heavy (non-hydrogen) atoms. The average molecular weight is 180 g/mol. The van der Waals surface area contributed by atoms with E-state index in [1.807, 2.05) is 0 Å². The molecule has 1 heterocycles. The fourth-order valence-electron chi connectivity index (χ4n) is 1.08. The number of ether oxygens (including phenoxy) is 1. The minimum Gasteiger partial charge on any atom is -0.394 e. The van der Waals surface area contributed by atoms with Crippen molar-refractivity contribution in [1.82, 2.24) is 0 Å². The lowest BCUT2D eigenvalue weighted by Gasteiger charge is -2.37. The Morgan fingerprint density at radius 1 is 0.917 bits per heavy atom. The molecule has 0 bridgehead atoms. The number of hydrogen-bond acceptors (Lipinski definition) is 6. The minimum atomic E-state index is -1.57. The summed E-state index contributed by atoms with van der Waals surface area (Å²) in [5.41, 5.74) is 0. The molecule has 0 aromatic heterocycles. The molecule has 0 aromatic carbocycles. The van der Waals surface area contributed by atoms with Crippen LogP contribution in [0.2, 0.25) is 0 Å². The molecule has 0 aliphatic carbocycles. The maximum Gasteiger partial charge on any atom is 0.184 e. The Morgan fingerprint density at radius 3 is 2.00 bits per heavy atom. The zero-order valence-corrected chi connectivity index (χ0v) is 6.24. The number of aliphatic hydroxyl groups excluding tert-OH is 5. The van der Waals surface area contributed by atoms with Gasteiger partial charge >= 0.3 is 0 Å². The highest BCUT2D eigenvalue weighted by molar-refractivity contribution is 4.87. The summed E-state index contributed by atoms with van der Waals surface area (Å²) in [5, 5.41) is 44.7. The highest BCUT2D eigenvalue weighted by atomic mass is 16.6. The standard InChI is InChI=1S/C6H12O6/c7-1-2-3(8)4(9)5(10)6(11)12-2/h2-11H,1H2/t2-,3-,4-,5+,6?/m0/s1. The van der Waals surface area contributed by atoms with Crippen LogP contribution in [-0.2, 0) is 4.74 Å². The van der Waals surface area contributed by atoms with Gasteiger partial charge in [0.15, 0.2) is 6.29 Å². The molecule has 0 amide bonds. The van der Waals surface area contributed by atoms with Crippen molar-refractivity contribution in [3.05, 3.63) is 0 Å². The third-order valence-electron chi connectivity index (χ3n) is 1.87. The van der Waals surface area contributed by atoms with Gasteiger partial charge in [-0.2, -0.15) is 0 Å². The summed E-state index contributed by atoms with van der Waals surface area (Å²) in [6.45, 7) is -0.526. The quantitative estimate of drug-likeness (QED) is 0.290. The van der Waals surface area contributed by atoms with Crippen LogP contribution in [0.25, 0.3) is 0 Å². The molecule has 1 fully saturated rings. The Labute approximate surface area is 68.6 Å². The van der Waals surface area contributed by atoms with Crippen molar-refractivity contribution in [2.24, 2.45) is 0 Å². The van der Waals surface area contributed by atoms with Crippen molar-refractivity contribution in [1.29, 1.82) is 0 Å². The summed E-state index contributed by atoms with van der Waals surface area (Å²) in [4.78, 5) is 0. The maximum absolute atomic E-state index is 9.12. The van der Waals surface area contributed by atoms with Crippen molar-refractivity contribution < 1.29 is 30.3 Å². The van der Waals surface area contributed by atoms with Crippen LogP contribution in [0.3, 0.4) is 0 Å². The molecule has 1 saturated heterocycles. The van der Waals surface area contributed by atoms with E-state index in [9.17, 15) is 0 Å². The van der Waals surface area contributed by atoms with Gasteiger partial charge < -0.3 is 30.3 Å². The van der Waals surface area contributed by atoms with Crippen LogP contribution in [0.4, 0.5) is 0 Å². The molecule has 0 aromatic rings.